The Kier molecular flexibility index (Phi) is 4.37. The summed E-state index contributed by atoms with van der Waals surface area (Å²) >= 11 is 0. The van der Waals surface area contributed by atoms with Crippen LogP contribution in [0.5, 0.6) is 0 Å². The zero-order valence-corrected chi connectivity index (χ0v) is 11.5. The summed E-state index contributed by atoms with van der Waals surface area (Å²) in [5.74, 6) is -0.0457. The minimum absolute atomic E-state index is 0.00355. The summed E-state index contributed by atoms with van der Waals surface area (Å²) in [6.45, 7) is 2.28. The third-order valence-corrected chi connectivity index (χ3v) is 3.66. The van der Waals surface area contributed by atoms with Crippen LogP contribution in [0.1, 0.15) is 35.3 Å². The van der Waals surface area contributed by atoms with Crippen LogP contribution in [0.25, 0.3) is 0 Å². The number of aromatic nitrogens is 1. The number of carbonyl (C=O) groups is 1. The van der Waals surface area contributed by atoms with Gasteiger partial charge in [-0.05, 0) is 32.3 Å². The molecule has 0 saturated heterocycles. The SMILES string of the molecule is CNc1cc(C)ncc1C(=O)N(CCO)C1CCC1. The highest BCUT2D eigenvalue weighted by atomic mass is 16.3. The van der Waals surface area contributed by atoms with Crippen molar-refractivity contribution >= 4 is 11.6 Å². The van der Waals surface area contributed by atoms with Gasteiger partial charge in [0.15, 0.2) is 0 Å². The lowest BCUT2D eigenvalue weighted by Gasteiger charge is -2.37. The Labute approximate surface area is 113 Å². The molecule has 1 amide bonds. The molecule has 1 aromatic heterocycles. The lowest BCUT2D eigenvalue weighted by molar-refractivity contribution is 0.0526. The summed E-state index contributed by atoms with van der Waals surface area (Å²) in [6.07, 6.45) is 4.83. The maximum Gasteiger partial charge on any atom is 0.257 e. The van der Waals surface area contributed by atoms with E-state index in [-0.39, 0.29) is 18.6 Å². The van der Waals surface area contributed by atoms with Crippen molar-refractivity contribution in [2.24, 2.45) is 0 Å². The van der Waals surface area contributed by atoms with Crippen LogP contribution < -0.4 is 5.32 Å². The van der Waals surface area contributed by atoms with Crippen molar-refractivity contribution in [3.05, 3.63) is 23.5 Å². The summed E-state index contributed by atoms with van der Waals surface area (Å²) in [4.78, 5) is 18.6. The molecule has 0 atom stereocenters. The molecular weight excluding hydrogens is 242 g/mol. The monoisotopic (exact) mass is 263 g/mol. The summed E-state index contributed by atoms with van der Waals surface area (Å²) < 4.78 is 0. The van der Waals surface area contributed by atoms with Gasteiger partial charge in [0, 0.05) is 31.5 Å². The Bertz CT molecular complexity index is 458. The molecule has 0 radical (unpaired) electrons. The summed E-state index contributed by atoms with van der Waals surface area (Å²) in [6, 6.07) is 2.14. The van der Waals surface area contributed by atoms with Gasteiger partial charge in [-0.15, -0.1) is 0 Å². The number of amides is 1. The Balaban J connectivity index is 2.25. The standard InChI is InChI=1S/C14H21N3O2/c1-10-8-13(15-2)12(9-16-10)14(19)17(6-7-18)11-4-3-5-11/h8-9,11,18H,3-7H2,1-2H3,(H,15,16). The highest BCUT2D eigenvalue weighted by Crippen LogP contribution is 2.27. The van der Waals surface area contributed by atoms with E-state index >= 15 is 0 Å². The number of anilines is 1. The molecule has 0 spiro atoms. The van der Waals surface area contributed by atoms with Gasteiger partial charge in [0.2, 0.25) is 0 Å². The molecule has 1 saturated carbocycles. The van der Waals surface area contributed by atoms with Crippen LogP contribution in [0.2, 0.25) is 0 Å². The Hall–Kier alpha value is -1.62. The molecule has 5 heteroatoms. The van der Waals surface area contributed by atoms with Crippen molar-refractivity contribution in [2.45, 2.75) is 32.2 Å². The summed E-state index contributed by atoms with van der Waals surface area (Å²) in [5.41, 5.74) is 2.24. The van der Waals surface area contributed by atoms with Crippen molar-refractivity contribution in [3.63, 3.8) is 0 Å². The third-order valence-electron chi connectivity index (χ3n) is 3.66. The van der Waals surface area contributed by atoms with Gasteiger partial charge in [-0.1, -0.05) is 0 Å². The van der Waals surface area contributed by atoms with Crippen molar-refractivity contribution in [2.75, 3.05) is 25.5 Å². The molecule has 19 heavy (non-hydrogen) atoms. The van der Waals surface area contributed by atoms with Crippen molar-refractivity contribution in [3.8, 4) is 0 Å². The molecule has 0 unspecified atom stereocenters. The summed E-state index contributed by atoms with van der Waals surface area (Å²) in [7, 11) is 1.80. The average molecular weight is 263 g/mol. The maximum absolute atomic E-state index is 12.6. The number of pyridine rings is 1. The first-order chi connectivity index (χ1) is 9.17. The number of hydrogen-bond donors (Lipinski definition) is 2. The second-order valence-corrected chi connectivity index (χ2v) is 4.93. The topological polar surface area (TPSA) is 65.5 Å². The molecule has 1 aliphatic rings. The lowest BCUT2D eigenvalue weighted by atomic mass is 9.91. The molecule has 0 aromatic carbocycles. The quantitative estimate of drug-likeness (QED) is 0.843. The molecule has 2 N–H and O–H groups in total. The van der Waals surface area contributed by atoms with E-state index in [1.165, 1.54) is 0 Å². The fraction of sp³-hybridized carbons (Fsp3) is 0.571. The van der Waals surface area contributed by atoms with Gasteiger partial charge in [0.25, 0.3) is 5.91 Å². The van der Waals surface area contributed by atoms with Crippen LogP contribution in [-0.4, -0.2) is 47.1 Å². The third kappa shape index (κ3) is 2.87. The smallest absolute Gasteiger partial charge is 0.257 e. The zero-order valence-electron chi connectivity index (χ0n) is 11.5. The van der Waals surface area contributed by atoms with E-state index in [0.717, 1.165) is 30.6 Å². The van der Waals surface area contributed by atoms with Gasteiger partial charge in [0.1, 0.15) is 0 Å². The molecular formula is C14H21N3O2. The number of carbonyl (C=O) groups excluding carboxylic acids is 1. The minimum Gasteiger partial charge on any atom is -0.395 e. The second-order valence-electron chi connectivity index (χ2n) is 4.93. The van der Waals surface area contributed by atoms with Gasteiger partial charge in [-0.3, -0.25) is 9.78 Å². The van der Waals surface area contributed by atoms with Crippen molar-refractivity contribution in [1.82, 2.24) is 9.88 Å². The van der Waals surface area contributed by atoms with Gasteiger partial charge in [-0.25, -0.2) is 0 Å². The number of nitrogens with zero attached hydrogens (tertiary/aromatic N) is 2. The minimum atomic E-state index is -0.0457. The van der Waals surface area contributed by atoms with Gasteiger partial charge < -0.3 is 15.3 Å². The molecule has 2 rings (SSSR count). The van der Waals surface area contributed by atoms with Crippen LogP contribution in [0.15, 0.2) is 12.3 Å². The van der Waals surface area contributed by atoms with E-state index in [9.17, 15) is 4.79 Å². The number of hydrogen-bond acceptors (Lipinski definition) is 4. The largest absolute Gasteiger partial charge is 0.395 e. The molecule has 1 aromatic rings. The Morgan fingerprint density at radius 2 is 2.32 bits per heavy atom. The molecule has 1 fully saturated rings. The van der Waals surface area contributed by atoms with E-state index in [1.54, 1.807) is 18.1 Å². The predicted octanol–water partition coefficient (Wildman–Crippen LogP) is 1.42. The second kappa shape index (κ2) is 6.02. The highest BCUT2D eigenvalue weighted by Gasteiger charge is 2.30. The number of nitrogens with one attached hydrogen (secondary N) is 1. The first kappa shape index (κ1) is 13.8. The molecule has 0 aliphatic heterocycles. The van der Waals surface area contributed by atoms with E-state index in [4.69, 9.17) is 5.11 Å². The van der Waals surface area contributed by atoms with Crippen LogP contribution in [0.3, 0.4) is 0 Å². The Morgan fingerprint density at radius 3 is 2.84 bits per heavy atom. The van der Waals surface area contributed by atoms with Crippen molar-refractivity contribution in [1.29, 1.82) is 0 Å². The zero-order chi connectivity index (χ0) is 13.8. The highest BCUT2D eigenvalue weighted by molar-refractivity contribution is 5.99. The normalized spacial score (nSPS) is 14.9. The first-order valence-electron chi connectivity index (χ1n) is 6.73. The fourth-order valence-electron chi connectivity index (χ4n) is 2.35. The maximum atomic E-state index is 12.6. The fourth-order valence-corrected chi connectivity index (χ4v) is 2.35. The van der Waals surface area contributed by atoms with E-state index < -0.39 is 0 Å². The lowest BCUT2D eigenvalue weighted by Crippen LogP contribution is -2.45. The molecule has 104 valence electrons. The van der Waals surface area contributed by atoms with E-state index in [2.05, 4.69) is 10.3 Å². The molecule has 1 heterocycles. The van der Waals surface area contributed by atoms with Crippen LogP contribution in [0, 0.1) is 6.92 Å². The van der Waals surface area contributed by atoms with Gasteiger partial charge in [-0.2, -0.15) is 0 Å². The van der Waals surface area contributed by atoms with E-state index in [0.29, 0.717) is 12.1 Å². The average Bonchev–Trinajstić information content (AvgIpc) is 2.35. The first-order valence-corrected chi connectivity index (χ1v) is 6.73. The molecule has 0 bridgehead atoms. The van der Waals surface area contributed by atoms with Crippen LogP contribution >= 0.6 is 0 Å². The predicted molar refractivity (Wildman–Crippen MR) is 74.3 cm³/mol. The number of aryl methyl sites for hydroxylation is 1. The number of aliphatic hydroxyl groups excluding tert-OH is 1. The van der Waals surface area contributed by atoms with Gasteiger partial charge in [0.05, 0.1) is 17.9 Å². The van der Waals surface area contributed by atoms with Crippen LogP contribution in [-0.2, 0) is 0 Å². The number of rotatable bonds is 5. The van der Waals surface area contributed by atoms with Gasteiger partial charge >= 0.3 is 0 Å². The van der Waals surface area contributed by atoms with E-state index in [1.807, 2.05) is 13.0 Å². The molecule has 1 aliphatic carbocycles. The number of aliphatic hydroxyl groups is 1. The Morgan fingerprint density at radius 1 is 1.58 bits per heavy atom. The molecule has 5 nitrogen and oxygen atoms in total. The summed E-state index contributed by atoms with van der Waals surface area (Å²) in [5, 5.41) is 12.2. The van der Waals surface area contributed by atoms with Crippen molar-refractivity contribution < 1.29 is 9.90 Å². The van der Waals surface area contributed by atoms with Crippen LogP contribution in [0.4, 0.5) is 5.69 Å².